The predicted molar refractivity (Wildman–Crippen MR) is 79.5 cm³/mol. The van der Waals surface area contributed by atoms with E-state index in [-0.39, 0.29) is 5.54 Å². The summed E-state index contributed by atoms with van der Waals surface area (Å²) in [5.74, 6) is 1.98. The lowest BCUT2D eigenvalue weighted by molar-refractivity contribution is 0.142. The summed E-state index contributed by atoms with van der Waals surface area (Å²) >= 11 is 0. The average Bonchev–Trinajstić information content (AvgIpc) is 2.24. The van der Waals surface area contributed by atoms with E-state index in [1.54, 1.807) is 0 Å². The maximum atomic E-state index is 6.38. The largest absolute Gasteiger partial charge is 0.325 e. The first-order valence-electron chi connectivity index (χ1n) is 8.17. The van der Waals surface area contributed by atoms with Crippen LogP contribution >= 0.6 is 0 Å². The van der Waals surface area contributed by atoms with Gasteiger partial charge < -0.3 is 5.73 Å². The van der Waals surface area contributed by atoms with Gasteiger partial charge in [0.15, 0.2) is 0 Å². The molecule has 3 atom stereocenters. The Morgan fingerprint density at radius 2 is 1.28 bits per heavy atom. The fraction of sp³-hybridized carbons (Fsp3) is 1.00. The summed E-state index contributed by atoms with van der Waals surface area (Å²) in [6.45, 7) is 7.19. The van der Waals surface area contributed by atoms with Gasteiger partial charge in [-0.3, -0.25) is 0 Å². The zero-order chi connectivity index (χ0) is 13.2. The van der Waals surface area contributed by atoms with Gasteiger partial charge in [-0.25, -0.2) is 0 Å². The minimum absolute atomic E-state index is 0.118. The first-order valence-corrected chi connectivity index (χ1v) is 8.17. The molecule has 2 saturated carbocycles. The Kier molecular flexibility index (Phi) is 4.41. The van der Waals surface area contributed by atoms with Gasteiger partial charge in [-0.15, -0.1) is 0 Å². The minimum atomic E-state index is 0.118. The summed E-state index contributed by atoms with van der Waals surface area (Å²) < 4.78 is 0. The third kappa shape index (κ3) is 3.98. The van der Waals surface area contributed by atoms with Crippen molar-refractivity contribution in [1.29, 1.82) is 0 Å². The Bertz CT molecular complexity index is 239. The molecular formula is C17H33N. The third-order valence-electron chi connectivity index (χ3n) is 5.70. The molecule has 0 heterocycles. The molecule has 0 aliphatic heterocycles. The second-order valence-corrected chi connectivity index (χ2v) is 8.20. The molecule has 0 saturated heterocycles. The van der Waals surface area contributed by atoms with Crippen molar-refractivity contribution in [2.45, 2.75) is 90.5 Å². The van der Waals surface area contributed by atoms with Crippen LogP contribution in [0.2, 0.25) is 0 Å². The smallest absolute Gasteiger partial charge is 0.0126 e. The van der Waals surface area contributed by atoms with E-state index in [4.69, 9.17) is 5.73 Å². The summed E-state index contributed by atoms with van der Waals surface area (Å²) in [6.07, 6.45) is 13.9. The van der Waals surface area contributed by atoms with E-state index in [1.807, 2.05) is 0 Å². The van der Waals surface area contributed by atoms with Gasteiger partial charge in [0, 0.05) is 5.54 Å². The standard InChI is InChI=1S/C17H33N/c1-16(2)10-4-6-15-9-13-17(3,18)11-5-7-14(15)8-12-16/h14-15H,4-13,18H2,1-3H3. The van der Waals surface area contributed by atoms with Gasteiger partial charge in [-0.1, -0.05) is 39.5 Å². The zero-order valence-electron chi connectivity index (χ0n) is 12.8. The van der Waals surface area contributed by atoms with Crippen molar-refractivity contribution in [3.8, 4) is 0 Å². The van der Waals surface area contributed by atoms with Crippen LogP contribution in [0, 0.1) is 17.3 Å². The highest BCUT2D eigenvalue weighted by Gasteiger charge is 2.32. The first-order chi connectivity index (χ1) is 8.38. The summed E-state index contributed by atoms with van der Waals surface area (Å²) in [5.41, 5.74) is 7.09. The molecule has 3 unspecified atom stereocenters. The predicted octanol–water partition coefficient (Wildman–Crippen LogP) is 4.89. The van der Waals surface area contributed by atoms with Crippen LogP contribution < -0.4 is 5.73 Å². The lowest BCUT2D eigenvalue weighted by atomic mass is 9.68. The van der Waals surface area contributed by atoms with Crippen LogP contribution in [0.5, 0.6) is 0 Å². The highest BCUT2D eigenvalue weighted by molar-refractivity contribution is 4.87. The molecule has 2 aliphatic rings. The van der Waals surface area contributed by atoms with E-state index in [9.17, 15) is 0 Å². The molecule has 0 amide bonds. The fourth-order valence-corrected chi connectivity index (χ4v) is 4.18. The summed E-state index contributed by atoms with van der Waals surface area (Å²) in [7, 11) is 0. The molecule has 2 N–H and O–H groups in total. The maximum Gasteiger partial charge on any atom is 0.0126 e. The Labute approximate surface area is 114 Å². The van der Waals surface area contributed by atoms with Crippen molar-refractivity contribution in [2.75, 3.05) is 0 Å². The van der Waals surface area contributed by atoms with Crippen molar-refractivity contribution in [3.05, 3.63) is 0 Å². The van der Waals surface area contributed by atoms with Crippen molar-refractivity contribution in [2.24, 2.45) is 23.0 Å². The molecule has 2 rings (SSSR count). The van der Waals surface area contributed by atoms with E-state index in [0.717, 1.165) is 11.8 Å². The molecule has 2 aliphatic carbocycles. The molecule has 0 aromatic carbocycles. The van der Waals surface area contributed by atoms with Crippen LogP contribution in [0.3, 0.4) is 0 Å². The second kappa shape index (κ2) is 5.53. The van der Waals surface area contributed by atoms with E-state index in [2.05, 4.69) is 20.8 Å². The van der Waals surface area contributed by atoms with Crippen molar-refractivity contribution in [1.82, 2.24) is 0 Å². The Morgan fingerprint density at radius 1 is 0.722 bits per heavy atom. The molecule has 1 nitrogen and oxygen atoms in total. The van der Waals surface area contributed by atoms with Gasteiger partial charge in [0.25, 0.3) is 0 Å². The van der Waals surface area contributed by atoms with E-state index < -0.39 is 0 Å². The maximum absolute atomic E-state index is 6.38. The number of nitrogens with two attached hydrogens (primary N) is 1. The van der Waals surface area contributed by atoms with Crippen LogP contribution in [-0.4, -0.2) is 5.54 Å². The minimum Gasteiger partial charge on any atom is -0.325 e. The molecule has 1 heteroatoms. The molecule has 0 spiro atoms. The van der Waals surface area contributed by atoms with E-state index in [1.165, 1.54) is 64.2 Å². The van der Waals surface area contributed by atoms with Crippen molar-refractivity contribution in [3.63, 3.8) is 0 Å². The topological polar surface area (TPSA) is 26.0 Å². The number of hydrogen-bond acceptors (Lipinski definition) is 1. The summed E-state index contributed by atoms with van der Waals surface area (Å²) in [4.78, 5) is 0. The summed E-state index contributed by atoms with van der Waals surface area (Å²) in [5, 5.41) is 0. The normalized spacial score (nSPS) is 42.0. The fourth-order valence-electron chi connectivity index (χ4n) is 4.18. The van der Waals surface area contributed by atoms with Crippen molar-refractivity contribution < 1.29 is 0 Å². The van der Waals surface area contributed by atoms with Crippen LogP contribution in [-0.2, 0) is 0 Å². The number of hydrogen-bond donors (Lipinski definition) is 1. The molecule has 0 bridgehead atoms. The lowest BCUT2D eigenvalue weighted by Crippen LogP contribution is -2.39. The molecule has 0 aromatic heterocycles. The first kappa shape index (κ1) is 14.4. The van der Waals surface area contributed by atoms with Gasteiger partial charge in [-0.05, 0) is 62.7 Å². The third-order valence-corrected chi connectivity index (χ3v) is 5.70. The quantitative estimate of drug-likeness (QED) is 0.651. The van der Waals surface area contributed by atoms with Crippen LogP contribution in [0.4, 0.5) is 0 Å². The molecule has 106 valence electrons. The molecule has 2 fully saturated rings. The summed E-state index contributed by atoms with van der Waals surface area (Å²) in [6, 6.07) is 0. The van der Waals surface area contributed by atoms with Gasteiger partial charge >= 0.3 is 0 Å². The van der Waals surface area contributed by atoms with Crippen molar-refractivity contribution >= 4 is 0 Å². The van der Waals surface area contributed by atoms with Crippen LogP contribution in [0.25, 0.3) is 0 Å². The van der Waals surface area contributed by atoms with Crippen LogP contribution in [0.1, 0.15) is 85.0 Å². The second-order valence-electron chi connectivity index (χ2n) is 8.20. The Hall–Kier alpha value is -0.0400. The Morgan fingerprint density at radius 3 is 1.94 bits per heavy atom. The van der Waals surface area contributed by atoms with Gasteiger partial charge in [0.05, 0.1) is 0 Å². The highest BCUT2D eigenvalue weighted by atomic mass is 14.7. The average molecular weight is 251 g/mol. The van der Waals surface area contributed by atoms with Gasteiger partial charge in [0.1, 0.15) is 0 Å². The van der Waals surface area contributed by atoms with E-state index in [0.29, 0.717) is 5.41 Å². The monoisotopic (exact) mass is 251 g/mol. The number of fused-ring (bicyclic) bond motifs is 1. The SMILES string of the molecule is CC1(C)CCCC2CCC(C)(N)CCCC2CC1. The zero-order valence-corrected chi connectivity index (χ0v) is 12.8. The van der Waals surface area contributed by atoms with Gasteiger partial charge in [0.2, 0.25) is 0 Å². The van der Waals surface area contributed by atoms with Crippen LogP contribution in [0.15, 0.2) is 0 Å². The molecule has 0 radical (unpaired) electrons. The number of rotatable bonds is 0. The lowest BCUT2D eigenvalue weighted by Gasteiger charge is -2.39. The van der Waals surface area contributed by atoms with E-state index >= 15 is 0 Å². The molecular weight excluding hydrogens is 218 g/mol. The highest BCUT2D eigenvalue weighted by Crippen LogP contribution is 2.42. The molecule has 18 heavy (non-hydrogen) atoms. The Balaban J connectivity index is 1.98. The molecule has 0 aromatic rings. The van der Waals surface area contributed by atoms with Gasteiger partial charge in [-0.2, -0.15) is 0 Å².